The van der Waals surface area contributed by atoms with Gasteiger partial charge < -0.3 is 14.6 Å². The molecule has 0 aliphatic heterocycles. The molecule has 0 aliphatic carbocycles. The van der Waals surface area contributed by atoms with Crippen molar-refractivity contribution in [2.75, 3.05) is 12.4 Å². The Morgan fingerprint density at radius 3 is 3.06 bits per heavy atom. The first-order valence-corrected chi connectivity index (χ1v) is 5.85. The van der Waals surface area contributed by atoms with E-state index in [1.807, 2.05) is 17.7 Å². The molecule has 0 aliphatic rings. The molecular weight excluding hydrogens is 254 g/mol. The van der Waals surface area contributed by atoms with E-state index >= 15 is 0 Å². The zero-order valence-corrected chi connectivity index (χ0v) is 10.9. The van der Waals surface area contributed by atoms with Crippen LogP contribution in [0.15, 0.2) is 24.9 Å². The third kappa shape index (κ3) is 3.10. The number of hydrogen-bond acceptors (Lipinski definition) is 5. The lowest BCUT2D eigenvalue weighted by molar-refractivity contribution is 0.380. The lowest BCUT2D eigenvalue weighted by atomic mass is 10.3. The maximum Gasteiger partial charge on any atom is 0.318 e. The summed E-state index contributed by atoms with van der Waals surface area (Å²) in [6, 6.07) is 0.438. The van der Waals surface area contributed by atoms with Crippen LogP contribution in [0.4, 0.5) is 5.82 Å². The van der Waals surface area contributed by atoms with Crippen LogP contribution in [0.5, 0.6) is 6.01 Å². The molecular formula is C11H14ClN5O. The van der Waals surface area contributed by atoms with Crippen molar-refractivity contribution in [3.05, 3.63) is 29.9 Å². The molecule has 0 spiro atoms. The zero-order chi connectivity index (χ0) is 13.0. The third-order valence-electron chi connectivity index (χ3n) is 2.33. The standard InChI is InChI=1S/C11H14ClN5O/c1-8(6-17-4-3-13-7-17)15-10-9(12)5-14-11(16-10)18-2/h3-5,7-8H,6H2,1-2H3,(H,14,15,16). The Labute approximate surface area is 110 Å². The highest BCUT2D eigenvalue weighted by Crippen LogP contribution is 2.20. The van der Waals surface area contributed by atoms with E-state index in [0.717, 1.165) is 6.54 Å². The normalized spacial score (nSPS) is 12.2. The summed E-state index contributed by atoms with van der Waals surface area (Å²) in [6.45, 7) is 2.80. The van der Waals surface area contributed by atoms with Crippen LogP contribution < -0.4 is 10.1 Å². The summed E-state index contributed by atoms with van der Waals surface area (Å²) in [5.74, 6) is 0.566. The Morgan fingerprint density at radius 2 is 2.39 bits per heavy atom. The van der Waals surface area contributed by atoms with Crippen LogP contribution in [0.1, 0.15) is 6.92 Å². The van der Waals surface area contributed by atoms with E-state index in [1.165, 1.54) is 13.3 Å². The van der Waals surface area contributed by atoms with Crippen molar-refractivity contribution >= 4 is 17.4 Å². The minimum Gasteiger partial charge on any atom is -0.467 e. The first-order chi connectivity index (χ1) is 8.69. The molecule has 0 bridgehead atoms. The van der Waals surface area contributed by atoms with Gasteiger partial charge in [0.2, 0.25) is 0 Å². The fourth-order valence-electron chi connectivity index (χ4n) is 1.54. The molecule has 96 valence electrons. The monoisotopic (exact) mass is 267 g/mol. The summed E-state index contributed by atoms with van der Waals surface area (Å²) in [4.78, 5) is 12.1. The molecule has 1 unspecified atom stereocenters. The van der Waals surface area contributed by atoms with Crippen LogP contribution in [0.25, 0.3) is 0 Å². The van der Waals surface area contributed by atoms with Gasteiger partial charge in [0.25, 0.3) is 0 Å². The maximum absolute atomic E-state index is 6.02. The van der Waals surface area contributed by atoms with E-state index < -0.39 is 0 Å². The molecule has 18 heavy (non-hydrogen) atoms. The van der Waals surface area contributed by atoms with Gasteiger partial charge in [-0.05, 0) is 6.92 Å². The van der Waals surface area contributed by atoms with Gasteiger partial charge in [0.1, 0.15) is 5.02 Å². The van der Waals surface area contributed by atoms with Crippen LogP contribution in [-0.2, 0) is 6.54 Å². The van der Waals surface area contributed by atoms with Gasteiger partial charge in [-0.3, -0.25) is 0 Å². The van der Waals surface area contributed by atoms with E-state index in [4.69, 9.17) is 16.3 Å². The first-order valence-electron chi connectivity index (χ1n) is 5.48. The molecule has 2 aromatic rings. The predicted molar refractivity (Wildman–Crippen MR) is 68.9 cm³/mol. The predicted octanol–water partition coefficient (Wildman–Crippen LogP) is 1.84. The number of hydrogen-bond donors (Lipinski definition) is 1. The molecule has 0 saturated heterocycles. The average molecular weight is 268 g/mol. The fourth-order valence-corrected chi connectivity index (χ4v) is 1.69. The molecule has 0 amide bonds. The third-order valence-corrected chi connectivity index (χ3v) is 2.61. The Hall–Kier alpha value is -1.82. The number of imidazole rings is 1. The first kappa shape index (κ1) is 12.6. The molecule has 1 atom stereocenters. The van der Waals surface area contributed by atoms with Gasteiger partial charge in [0.15, 0.2) is 5.82 Å². The number of nitrogens with one attached hydrogen (secondary N) is 1. The molecule has 1 N–H and O–H groups in total. The topological polar surface area (TPSA) is 64.9 Å². The van der Waals surface area contributed by atoms with Crippen molar-refractivity contribution in [2.45, 2.75) is 19.5 Å². The van der Waals surface area contributed by atoms with Crippen LogP contribution in [0.2, 0.25) is 5.02 Å². The number of aromatic nitrogens is 4. The smallest absolute Gasteiger partial charge is 0.318 e. The number of anilines is 1. The van der Waals surface area contributed by atoms with Crippen LogP contribution in [-0.4, -0.2) is 32.7 Å². The quantitative estimate of drug-likeness (QED) is 0.895. The van der Waals surface area contributed by atoms with Gasteiger partial charge >= 0.3 is 6.01 Å². The molecule has 0 radical (unpaired) electrons. The molecule has 6 nitrogen and oxygen atoms in total. The van der Waals surface area contributed by atoms with Gasteiger partial charge in [-0.2, -0.15) is 4.98 Å². The van der Waals surface area contributed by atoms with E-state index in [9.17, 15) is 0 Å². The van der Waals surface area contributed by atoms with E-state index in [-0.39, 0.29) is 12.1 Å². The average Bonchev–Trinajstić information content (AvgIpc) is 2.84. The van der Waals surface area contributed by atoms with Crippen LogP contribution in [0.3, 0.4) is 0 Å². The highest BCUT2D eigenvalue weighted by atomic mass is 35.5. The SMILES string of the molecule is COc1ncc(Cl)c(NC(C)Cn2ccnc2)n1. The van der Waals surface area contributed by atoms with Crippen LogP contribution >= 0.6 is 11.6 Å². The second kappa shape index (κ2) is 5.68. The highest BCUT2D eigenvalue weighted by Gasteiger charge is 2.09. The van der Waals surface area contributed by atoms with E-state index in [1.54, 1.807) is 12.5 Å². The lowest BCUT2D eigenvalue weighted by Crippen LogP contribution is -2.22. The van der Waals surface area contributed by atoms with Crippen molar-refractivity contribution in [3.8, 4) is 6.01 Å². The van der Waals surface area contributed by atoms with Crippen molar-refractivity contribution in [1.82, 2.24) is 19.5 Å². The Morgan fingerprint density at radius 1 is 1.56 bits per heavy atom. The largest absolute Gasteiger partial charge is 0.467 e. The molecule has 2 aromatic heterocycles. The highest BCUT2D eigenvalue weighted by molar-refractivity contribution is 6.32. The minimum absolute atomic E-state index is 0.149. The summed E-state index contributed by atoms with van der Waals surface area (Å²) < 4.78 is 6.94. The molecule has 2 rings (SSSR count). The molecule has 7 heteroatoms. The Balaban J connectivity index is 2.04. The molecule has 0 aromatic carbocycles. The molecule has 0 saturated carbocycles. The fraction of sp³-hybridized carbons (Fsp3) is 0.364. The van der Waals surface area contributed by atoms with E-state index in [2.05, 4.69) is 20.3 Å². The second-order valence-electron chi connectivity index (χ2n) is 3.86. The summed E-state index contributed by atoms with van der Waals surface area (Å²) in [6.07, 6.45) is 6.92. The van der Waals surface area contributed by atoms with Gasteiger partial charge in [-0.15, -0.1) is 0 Å². The van der Waals surface area contributed by atoms with Crippen molar-refractivity contribution in [2.24, 2.45) is 0 Å². The number of rotatable bonds is 5. The van der Waals surface area contributed by atoms with Crippen molar-refractivity contribution in [3.63, 3.8) is 0 Å². The Bertz CT molecular complexity index is 502. The second-order valence-corrected chi connectivity index (χ2v) is 4.27. The van der Waals surface area contributed by atoms with Gasteiger partial charge in [0, 0.05) is 25.0 Å². The number of halogens is 1. The maximum atomic E-state index is 6.02. The van der Waals surface area contributed by atoms with Gasteiger partial charge in [-0.1, -0.05) is 11.6 Å². The lowest BCUT2D eigenvalue weighted by Gasteiger charge is -2.16. The molecule has 2 heterocycles. The Kier molecular flexibility index (Phi) is 3.99. The van der Waals surface area contributed by atoms with Crippen molar-refractivity contribution in [1.29, 1.82) is 0 Å². The van der Waals surface area contributed by atoms with Gasteiger partial charge in [0.05, 0.1) is 19.6 Å². The summed E-state index contributed by atoms with van der Waals surface area (Å²) in [5.41, 5.74) is 0. The zero-order valence-electron chi connectivity index (χ0n) is 10.2. The van der Waals surface area contributed by atoms with Crippen LogP contribution in [0, 0.1) is 0 Å². The number of nitrogens with zero attached hydrogens (tertiary/aromatic N) is 4. The summed E-state index contributed by atoms with van der Waals surface area (Å²) in [5, 5.41) is 3.68. The summed E-state index contributed by atoms with van der Waals surface area (Å²) in [7, 11) is 1.52. The van der Waals surface area contributed by atoms with Crippen molar-refractivity contribution < 1.29 is 4.74 Å². The number of methoxy groups -OCH3 is 1. The van der Waals surface area contributed by atoms with Gasteiger partial charge in [-0.25, -0.2) is 9.97 Å². The number of ether oxygens (including phenoxy) is 1. The van der Waals surface area contributed by atoms with E-state index in [0.29, 0.717) is 10.8 Å². The molecule has 0 fully saturated rings. The summed E-state index contributed by atoms with van der Waals surface area (Å²) >= 11 is 6.02. The minimum atomic E-state index is 0.149.